The Balaban J connectivity index is 2.66. The lowest BCUT2D eigenvalue weighted by molar-refractivity contribution is -0.139. The van der Waals surface area contributed by atoms with E-state index in [-0.39, 0.29) is 18.2 Å². The van der Waals surface area contributed by atoms with Crippen LogP contribution in [0.2, 0.25) is 0 Å². The molecular formula is C12H22N2O3. The topological polar surface area (TPSA) is 92.4 Å². The van der Waals surface area contributed by atoms with E-state index in [4.69, 9.17) is 10.8 Å². The average molecular weight is 242 g/mol. The molecule has 0 aromatic rings. The van der Waals surface area contributed by atoms with Gasteiger partial charge in [0.05, 0.1) is 12.0 Å². The zero-order valence-corrected chi connectivity index (χ0v) is 10.4. The Kier molecular flexibility index (Phi) is 4.93. The number of amides is 1. The third-order valence-corrected chi connectivity index (χ3v) is 3.59. The van der Waals surface area contributed by atoms with Crippen LogP contribution in [0.4, 0.5) is 0 Å². The summed E-state index contributed by atoms with van der Waals surface area (Å²) in [5, 5.41) is 11.9. The zero-order chi connectivity index (χ0) is 12.9. The van der Waals surface area contributed by atoms with E-state index in [2.05, 4.69) is 5.32 Å². The molecule has 17 heavy (non-hydrogen) atoms. The molecule has 0 radical (unpaired) electrons. The first-order valence-electron chi connectivity index (χ1n) is 6.27. The number of carboxylic acids is 1. The number of hydrogen-bond acceptors (Lipinski definition) is 3. The van der Waals surface area contributed by atoms with E-state index in [1.165, 1.54) is 0 Å². The minimum Gasteiger partial charge on any atom is -0.481 e. The molecule has 1 atom stereocenters. The van der Waals surface area contributed by atoms with Crippen LogP contribution in [0.15, 0.2) is 0 Å². The van der Waals surface area contributed by atoms with Gasteiger partial charge in [0.25, 0.3) is 0 Å². The van der Waals surface area contributed by atoms with Gasteiger partial charge in [-0.05, 0) is 19.3 Å². The number of rotatable bonds is 6. The van der Waals surface area contributed by atoms with Gasteiger partial charge in [-0.25, -0.2) is 0 Å². The number of aliphatic carboxylic acids is 1. The minimum atomic E-state index is -0.854. The normalized spacial score (nSPS) is 19.9. The lowest BCUT2D eigenvalue weighted by atomic mass is 9.91. The molecule has 0 heterocycles. The smallest absolute Gasteiger partial charge is 0.305 e. The Morgan fingerprint density at radius 2 is 2.00 bits per heavy atom. The summed E-state index contributed by atoms with van der Waals surface area (Å²) in [4.78, 5) is 22.8. The van der Waals surface area contributed by atoms with E-state index in [0.717, 1.165) is 25.7 Å². The molecule has 0 aliphatic heterocycles. The maximum Gasteiger partial charge on any atom is 0.305 e. The van der Waals surface area contributed by atoms with Crippen molar-refractivity contribution < 1.29 is 14.7 Å². The van der Waals surface area contributed by atoms with Gasteiger partial charge in [-0.3, -0.25) is 9.59 Å². The van der Waals surface area contributed by atoms with Gasteiger partial charge in [0.1, 0.15) is 0 Å². The van der Waals surface area contributed by atoms with Crippen LogP contribution in [0.3, 0.4) is 0 Å². The van der Waals surface area contributed by atoms with Crippen molar-refractivity contribution in [2.45, 2.75) is 51.0 Å². The first-order chi connectivity index (χ1) is 8.03. The van der Waals surface area contributed by atoms with Crippen LogP contribution in [-0.2, 0) is 9.59 Å². The molecule has 1 unspecified atom stereocenters. The number of hydrogen-bond donors (Lipinski definition) is 3. The molecule has 1 saturated carbocycles. The molecule has 98 valence electrons. The molecule has 0 saturated heterocycles. The highest BCUT2D eigenvalue weighted by molar-refractivity contribution is 5.80. The highest BCUT2D eigenvalue weighted by atomic mass is 16.4. The molecule has 0 spiro atoms. The monoisotopic (exact) mass is 242 g/mol. The van der Waals surface area contributed by atoms with Crippen molar-refractivity contribution in [3.63, 3.8) is 0 Å². The van der Waals surface area contributed by atoms with Gasteiger partial charge in [-0.2, -0.15) is 0 Å². The van der Waals surface area contributed by atoms with Gasteiger partial charge in [0.15, 0.2) is 0 Å². The zero-order valence-electron chi connectivity index (χ0n) is 10.4. The van der Waals surface area contributed by atoms with Crippen molar-refractivity contribution in [3.05, 3.63) is 0 Å². The molecular weight excluding hydrogens is 220 g/mol. The summed E-state index contributed by atoms with van der Waals surface area (Å²) in [6.07, 6.45) is 4.17. The Hall–Kier alpha value is -1.10. The largest absolute Gasteiger partial charge is 0.481 e. The van der Waals surface area contributed by atoms with Crippen molar-refractivity contribution in [2.24, 2.45) is 11.7 Å². The van der Waals surface area contributed by atoms with Crippen LogP contribution in [0.5, 0.6) is 0 Å². The van der Waals surface area contributed by atoms with E-state index >= 15 is 0 Å². The molecule has 0 aromatic heterocycles. The summed E-state index contributed by atoms with van der Waals surface area (Å²) in [5.74, 6) is -1.16. The van der Waals surface area contributed by atoms with E-state index in [0.29, 0.717) is 13.0 Å². The van der Waals surface area contributed by atoms with E-state index < -0.39 is 11.5 Å². The summed E-state index contributed by atoms with van der Waals surface area (Å²) in [6.45, 7) is 2.22. The number of carboxylic acid groups (broad SMARTS) is 1. The fourth-order valence-electron chi connectivity index (χ4n) is 2.51. The first-order valence-corrected chi connectivity index (χ1v) is 6.27. The maximum atomic E-state index is 12.0. The summed E-state index contributed by atoms with van der Waals surface area (Å²) in [6, 6.07) is 0. The third kappa shape index (κ3) is 3.70. The second-order valence-electron chi connectivity index (χ2n) is 4.89. The van der Waals surface area contributed by atoms with Crippen LogP contribution >= 0.6 is 0 Å². The van der Waals surface area contributed by atoms with Crippen LogP contribution in [0.25, 0.3) is 0 Å². The molecule has 5 nitrogen and oxygen atoms in total. The predicted octanol–water partition coefficient (Wildman–Crippen LogP) is 0.875. The highest BCUT2D eigenvalue weighted by Gasteiger charge is 2.38. The second-order valence-corrected chi connectivity index (χ2v) is 4.89. The van der Waals surface area contributed by atoms with E-state index in [9.17, 15) is 9.59 Å². The molecule has 4 N–H and O–H groups in total. The first kappa shape index (κ1) is 14.0. The number of carbonyl (C=O) groups excluding carboxylic acids is 1. The Morgan fingerprint density at radius 1 is 1.41 bits per heavy atom. The Morgan fingerprint density at radius 3 is 2.41 bits per heavy atom. The lowest BCUT2D eigenvalue weighted by Crippen LogP contribution is -2.50. The number of carbonyl (C=O) groups is 2. The molecule has 1 aliphatic carbocycles. The van der Waals surface area contributed by atoms with Gasteiger partial charge in [-0.15, -0.1) is 0 Å². The van der Waals surface area contributed by atoms with Crippen molar-refractivity contribution >= 4 is 11.9 Å². The third-order valence-electron chi connectivity index (χ3n) is 3.59. The van der Waals surface area contributed by atoms with Crippen LogP contribution in [0, 0.1) is 5.92 Å². The predicted molar refractivity (Wildman–Crippen MR) is 64.4 cm³/mol. The van der Waals surface area contributed by atoms with E-state index in [1.807, 2.05) is 6.92 Å². The SMILES string of the molecule is CCC(CN)C(=O)NC1(CC(=O)O)CCCC1. The van der Waals surface area contributed by atoms with E-state index in [1.54, 1.807) is 0 Å². The molecule has 0 bridgehead atoms. The average Bonchev–Trinajstić information content (AvgIpc) is 2.66. The van der Waals surface area contributed by atoms with Gasteiger partial charge in [-0.1, -0.05) is 19.8 Å². The van der Waals surface area contributed by atoms with Crippen molar-refractivity contribution in [2.75, 3.05) is 6.54 Å². The number of nitrogens with one attached hydrogen (secondary N) is 1. The Bertz CT molecular complexity index is 281. The van der Waals surface area contributed by atoms with Crippen LogP contribution < -0.4 is 11.1 Å². The van der Waals surface area contributed by atoms with Gasteiger partial charge >= 0.3 is 5.97 Å². The van der Waals surface area contributed by atoms with Gasteiger partial charge < -0.3 is 16.2 Å². The number of nitrogens with two attached hydrogens (primary N) is 1. The molecule has 1 aliphatic rings. The summed E-state index contributed by atoms with van der Waals surface area (Å²) >= 11 is 0. The molecule has 5 heteroatoms. The minimum absolute atomic E-state index is 0.0136. The quantitative estimate of drug-likeness (QED) is 0.644. The van der Waals surface area contributed by atoms with Crippen LogP contribution in [0.1, 0.15) is 45.4 Å². The fraction of sp³-hybridized carbons (Fsp3) is 0.833. The molecule has 1 amide bonds. The molecule has 0 aromatic carbocycles. The van der Waals surface area contributed by atoms with Crippen molar-refractivity contribution in [1.29, 1.82) is 0 Å². The Labute approximate surface area is 102 Å². The standard InChI is InChI=1S/C12H22N2O3/c1-2-9(8-13)11(17)14-12(7-10(15)16)5-3-4-6-12/h9H,2-8,13H2,1H3,(H,14,17)(H,15,16). The molecule has 1 rings (SSSR count). The second kappa shape index (κ2) is 6.00. The fourth-order valence-corrected chi connectivity index (χ4v) is 2.51. The van der Waals surface area contributed by atoms with Crippen molar-refractivity contribution in [3.8, 4) is 0 Å². The van der Waals surface area contributed by atoms with Crippen molar-refractivity contribution in [1.82, 2.24) is 5.32 Å². The molecule has 1 fully saturated rings. The lowest BCUT2D eigenvalue weighted by Gasteiger charge is -2.30. The highest BCUT2D eigenvalue weighted by Crippen LogP contribution is 2.33. The van der Waals surface area contributed by atoms with Gasteiger partial charge in [0, 0.05) is 12.5 Å². The summed E-state index contributed by atoms with van der Waals surface area (Å²) in [7, 11) is 0. The summed E-state index contributed by atoms with van der Waals surface area (Å²) in [5.41, 5.74) is 4.99. The maximum absolute atomic E-state index is 12.0. The van der Waals surface area contributed by atoms with Gasteiger partial charge in [0.2, 0.25) is 5.91 Å². The van der Waals surface area contributed by atoms with Crippen LogP contribution in [-0.4, -0.2) is 29.1 Å². The summed E-state index contributed by atoms with van der Waals surface area (Å²) < 4.78 is 0.